The molecule has 1 aliphatic heterocycles. The van der Waals surface area contributed by atoms with Crippen molar-refractivity contribution in [3.05, 3.63) is 24.3 Å². The van der Waals surface area contributed by atoms with E-state index in [0.717, 1.165) is 0 Å². The minimum absolute atomic E-state index is 0.0186. The predicted molar refractivity (Wildman–Crippen MR) is 103 cm³/mol. The summed E-state index contributed by atoms with van der Waals surface area (Å²) in [6.07, 6.45) is 0.890. The van der Waals surface area contributed by atoms with E-state index in [2.05, 4.69) is 6.58 Å². The van der Waals surface area contributed by atoms with Crippen LogP contribution in [0, 0.1) is 11.8 Å². The van der Waals surface area contributed by atoms with Gasteiger partial charge in [-0.3, -0.25) is 14.4 Å². The number of hydrogen-bond donors (Lipinski definition) is 2. The van der Waals surface area contributed by atoms with E-state index in [4.69, 9.17) is 9.47 Å². The maximum Gasteiger partial charge on any atom is 0.302 e. The Kier molecular flexibility index (Phi) is 8.73. The van der Waals surface area contributed by atoms with E-state index in [1.165, 1.54) is 6.92 Å². The SMILES string of the molecule is C=C(C(=O)[C@H](COC(C)=O)[C@H](O)[C@]1(C)O[C@@H]1[C@@H](C)/C=C\C)[C@@H](O)CC(=O)CC. The van der Waals surface area contributed by atoms with E-state index in [0.29, 0.717) is 0 Å². The van der Waals surface area contributed by atoms with Gasteiger partial charge in [0.15, 0.2) is 5.78 Å². The standard InChI is InChI=1S/C21H32O7/c1-7-9-12(3)20-21(6,28-20)19(26)16(11-27-14(5)22)18(25)13(4)17(24)10-15(23)8-2/h7,9,12,16-17,19-20,24,26H,4,8,10-11H2,1-3,5-6H3/b9-7-/t12-,16-,17-,19-,20+,21-/m0/s1. The van der Waals surface area contributed by atoms with Gasteiger partial charge in [0.1, 0.15) is 18.0 Å². The molecule has 28 heavy (non-hydrogen) atoms. The molecule has 0 aromatic carbocycles. The van der Waals surface area contributed by atoms with Crippen molar-refractivity contribution in [3.63, 3.8) is 0 Å². The van der Waals surface area contributed by atoms with Gasteiger partial charge in [-0.25, -0.2) is 0 Å². The van der Waals surface area contributed by atoms with Crippen molar-refractivity contribution < 1.29 is 34.1 Å². The summed E-state index contributed by atoms with van der Waals surface area (Å²) in [5.74, 6) is -2.60. The van der Waals surface area contributed by atoms with Crippen LogP contribution in [-0.2, 0) is 23.9 Å². The van der Waals surface area contributed by atoms with Crippen molar-refractivity contribution in [2.75, 3.05) is 6.61 Å². The van der Waals surface area contributed by atoms with Crippen LogP contribution >= 0.6 is 0 Å². The van der Waals surface area contributed by atoms with E-state index in [1.807, 2.05) is 26.0 Å². The normalized spacial score (nSPS) is 25.6. The number of epoxide rings is 1. The molecule has 0 aromatic rings. The summed E-state index contributed by atoms with van der Waals surface area (Å²) in [5.41, 5.74) is -1.19. The fourth-order valence-electron chi connectivity index (χ4n) is 3.31. The fraction of sp³-hybridized carbons (Fsp3) is 0.667. The zero-order valence-electron chi connectivity index (χ0n) is 17.3. The summed E-state index contributed by atoms with van der Waals surface area (Å²) >= 11 is 0. The zero-order chi connectivity index (χ0) is 21.6. The Morgan fingerprint density at radius 3 is 2.43 bits per heavy atom. The molecule has 2 N–H and O–H groups in total. The number of aliphatic hydroxyl groups is 2. The van der Waals surface area contributed by atoms with Gasteiger partial charge in [-0.05, 0) is 13.8 Å². The Morgan fingerprint density at radius 2 is 1.93 bits per heavy atom. The van der Waals surface area contributed by atoms with Gasteiger partial charge in [0.25, 0.3) is 0 Å². The first kappa shape index (κ1) is 24.2. The Labute approximate surface area is 166 Å². The topological polar surface area (TPSA) is 113 Å². The average Bonchev–Trinajstić information content (AvgIpc) is 3.33. The number of rotatable bonds is 12. The van der Waals surface area contributed by atoms with Crippen LogP contribution in [0.1, 0.15) is 47.5 Å². The minimum Gasteiger partial charge on any atom is -0.465 e. The molecule has 1 aliphatic rings. The number of Topliss-reactive ketones (excluding diaryl/α,β-unsaturated/α-hetero) is 2. The van der Waals surface area contributed by atoms with Crippen molar-refractivity contribution in [2.24, 2.45) is 11.8 Å². The van der Waals surface area contributed by atoms with Gasteiger partial charge in [0.05, 0.1) is 24.2 Å². The van der Waals surface area contributed by atoms with E-state index in [9.17, 15) is 24.6 Å². The van der Waals surface area contributed by atoms with Crippen LogP contribution in [-0.4, -0.2) is 58.3 Å². The first-order chi connectivity index (χ1) is 13.0. The second-order valence-electron chi connectivity index (χ2n) is 7.46. The van der Waals surface area contributed by atoms with Crippen molar-refractivity contribution in [3.8, 4) is 0 Å². The summed E-state index contributed by atoms with van der Waals surface area (Å²) in [6.45, 7) is 11.6. The molecule has 1 rings (SSSR count). The number of aliphatic hydroxyl groups excluding tert-OH is 2. The lowest BCUT2D eigenvalue weighted by molar-refractivity contribution is -0.146. The van der Waals surface area contributed by atoms with Gasteiger partial charge in [0, 0.05) is 31.3 Å². The van der Waals surface area contributed by atoms with E-state index in [1.54, 1.807) is 13.8 Å². The van der Waals surface area contributed by atoms with Crippen molar-refractivity contribution in [2.45, 2.75) is 71.4 Å². The molecule has 0 aromatic heterocycles. The van der Waals surface area contributed by atoms with Gasteiger partial charge in [-0.15, -0.1) is 0 Å². The molecule has 0 unspecified atom stereocenters. The lowest BCUT2D eigenvalue weighted by Gasteiger charge is -2.27. The summed E-state index contributed by atoms with van der Waals surface area (Å²) in [5, 5.41) is 21.0. The van der Waals surface area contributed by atoms with Crippen LogP contribution in [0.3, 0.4) is 0 Å². The van der Waals surface area contributed by atoms with Crippen LogP contribution in [0.4, 0.5) is 0 Å². The van der Waals surface area contributed by atoms with Crippen LogP contribution in [0.25, 0.3) is 0 Å². The van der Waals surface area contributed by atoms with Gasteiger partial charge in [0.2, 0.25) is 0 Å². The molecule has 1 heterocycles. The lowest BCUT2D eigenvalue weighted by Crippen LogP contribution is -2.44. The maximum absolute atomic E-state index is 12.9. The molecule has 1 saturated heterocycles. The largest absolute Gasteiger partial charge is 0.465 e. The molecule has 7 nitrogen and oxygen atoms in total. The molecule has 0 bridgehead atoms. The van der Waals surface area contributed by atoms with Crippen molar-refractivity contribution in [1.82, 2.24) is 0 Å². The van der Waals surface area contributed by atoms with Crippen molar-refractivity contribution in [1.29, 1.82) is 0 Å². The Balaban J connectivity index is 2.99. The summed E-state index contributed by atoms with van der Waals surface area (Å²) in [7, 11) is 0. The van der Waals surface area contributed by atoms with Gasteiger partial charge >= 0.3 is 5.97 Å². The second-order valence-corrected chi connectivity index (χ2v) is 7.46. The molecule has 6 atom stereocenters. The molecule has 1 fully saturated rings. The zero-order valence-corrected chi connectivity index (χ0v) is 17.3. The molecule has 0 amide bonds. The summed E-state index contributed by atoms with van der Waals surface area (Å²) < 4.78 is 10.7. The van der Waals surface area contributed by atoms with Gasteiger partial charge < -0.3 is 19.7 Å². The molecule has 0 radical (unpaired) electrons. The number of esters is 1. The third kappa shape index (κ3) is 5.83. The first-order valence-corrected chi connectivity index (χ1v) is 9.54. The van der Waals surface area contributed by atoms with Crippen LogP contribution in [0.2, 0.25) is 0 Å². The Morgan fingerprint density at radius 1 is 1.32 bits per heavy atom. The molecular weight excluding hydrogens is 364 g/mol. The van der Waals surface area contributed by atoms with E-state index < -0.39 is 35.5 Å². The molecule has 0 spiro atoms. The summed E-state index contributed by atoms with van der Waals surface area (Å²) in [4.78, 5) is 35.7. The second kappa shape index (κ2) is 10.1. The first-order valence-electron chi connectivity index (χ1n) is 9.54. The van der Waals surface area contributed by atoms with Gasteiger partial charge in [-0.2, -0.15) is 0 Å². The van der Waals surface area contributed by atoms with E-state index in [-0.39, 0.29) is 42.8 Å². The highest BCUT2D eigenvalue weighted by Crippen LogP contribution is 2.46. The lowest BCUT2D eigenvalue weighted by atomic mass is 9.81. The monoisotopic (exact) mass is 396 g/mol. The third-order valence-corrected chi connectivity index (χ3v) is 5.17. The predicted octanol–water partition coefficient (Wildman–Crippen LogP) is 1.75. The molecular formula is C21H32O7. The number of carbonyl (C=O) groups excluding carboxylic acids is 3. The van der Waals surface area contributed by atoms with Crippen molar-refractivity contribution >= 4 is 17.5 Å². The van der Waals surface area contributed by atoms with Crippen LogP contribution in [0.15, 0.2) is 24.3 Å². The number of carbonyl (C=O) groups is 3. The molecule has 7 heteroatoms. The Hall–Kier alpha value is -1.83. The highest BCUT2D eigenvalue weighted by Gasteiger charge is 2.61. The highest BCUT2D eigenvalue weighted by molar-refractivity contribution is 5.99. The summed E-state index contributed by atoms with van der Waals surface area (Å²) in [6, 6.07) is 0. The number of allylic oxidation sites excluding steroid dienone is 1. The third-order valence-electron chi connectivity index (χ3n) is 5.17. The molecule has 0 saturated carbocycles. The maximum atomic E-state index is 12.9. The smallest absolute Gasteiger partial charge is 0.302 e. The highest BCUT2D eigenvalue weighted by atomic mass is 16.6. The molecule has 0 aliphatic carbocycles. The number of hydrogen-bond acceptors (Lipinski definition) is 7. The van der Waals surface area contributed by atoms with E-state index >= 15 is 0 Å². The van der Waals surface area contributed by atoms with Crippen LogP contribution < -0.4 is 0 Å². The van der Waals surface area contributed by atoms with Crippen LogP contribution in [0.5, 0.6) is 0 Å². The minimum atomic E-state index is -1.35. The Bertz CT molecular complexity index is 639. The van der Waals surface area contributed by atoms with Gasteiger partial charge in [-0.1, -0.05) is 32.6 Å². The number of ketones is 2. The quantitative estimate of drug-likeness (QED) is 0.224. The number of ether oxygens (including phenoxy) is 2. The fourth-order valence-corrected chi connectivity index (χ4v) is 3.31. The molecule has 158 valence electrons. The average molecular weight is 396 g/mol.